The van der Waals surface area contributed by atoms with Gasteiger partial charge < -0.3 is 10.6 Å². The van der Waals surface area contributed by atoms with Gasteiger partial charge in [-0.2, -0.15) is 0 Å². The summed E-state index contributed by atoms with van der Waals surface area (Å²) >= 11 is 0. The van der Waals surface area contributed by atoms with E-state index in [1.54, 1.807) is 4.90 Å². The van der Waals surface area contributed by atoms with E-state index in [0.717, 1.165) is 11.1 Å². The summed E-state index contributed by atoms with van der Waals surface area (Å²) in [6, 6.07) is 9.90. The van der Waals surface area contributed by atoms with Crippen LogP contribution in [0.25, 0.3) is 0 Å². The predicted octanol–water partition coefficient (Wildman–Crippen LogP) is 1.41. The van der Waals surface area contributed by atoms with Crippen LogP contribution in [0, 0.1) is 10.1 Å². The summed E-state index contributed by atoms with van der Waals surface area (Å²) in [6.07, 6.45) is 1.89. The van der Waals surface area contributed by atoms with Crippen molar-refractivity contribution in [1.82, 2.24) is 4.98 Å². The second-order valence-electron chi connectivity index (χ2n) is 5.12. The third-order valence-electron chi connectivity index (χ3n) is 3.81. The molecule has 0 bridgehead atoms. The van der Waals surface area contributed by atoms with Gasteiger partial charge in [-0.25, -0.2) is 4.98 Å². The maximum atomic E-state index is 11.8. The average molecular weight is 298 g/mol. The molecule has 1 aliphatic heterocycles. The van der Waals surface area contributed by atoms with E-state index >= 15 is 0 Å². The monoisotopic (exact) mass is 298 g/mol. The van der Waals surface area contributed by atoms with Crippen LogP contribution >= 0.6 is 0 Å². The zero-order valence-corrected chi connectivity index (χ0v) is 11.7. The molecule has 0 fully saturated rings. The third-order valence-corrected chi connectivity index (χ3v) is 3.81. The lowest BCUT2D eigenvalue weighted by molar-refractivity contribution is -0.384. The molecule has 2 N–H and O–H groups in total. The number of anilines is 1. The van der Waals surface area contributed by atoms with Crippen LogP contribution in [0.1, 0.15) is 11.1 Å². The fourth-order valence-corrected chi connectivity index (χ4v) is 2.75. The van der Waals surface area contributed by atoms with E-state index in [1.165, 1.54) is 18.3 Å². The van der Waals surface area contributed by atoms with Crippen molar-refractivity contribution in [3.63, 3.8) is 0 Å². The SMILES string of the molecule is NC(=O)[C@@H]1Cc2ccccc2CN1c1ncccc1[N+](=O)[O-]. The molecule has 2 aromatic rings. The molecule has 22 heavy (non-hydrogen) atoms. The van der Waals surface area contributed by atoms with Gasteiger partial charge in [-0.15, -0.1) is 0 Å². The number of rotatable bonds is 3. The molecule has 0 saturated carbocycles. The van der Waals surface area contributed by atoms with E-state index in [2.05, 4.69) is 4.98 Å². The number of nitrogens with zero attached hydrogens (tertiary/aromatic N) is 3. The van der Waals surface area contributed by atoms with Gasteiger partial charge in [0.15, 0.2) is 0 Å². The molecule has 0 aliphatic carbocycles. The van der Waals surface area contributed by atoms with Gasteiger partial charge in [0.05, 0.1) is 4.92 Å². The fraction of sp³-hybridized carbons (Fsp3) is 0.200. The highest BCUT2D eigenvalue weighted by molar-refractivity contribution is 5.85. The van der Waals surface area contributed by atoms with Crippen molar-refractivity contribution in [3.8, 4) is 0 Å². The molecule has 0 radical (unpaired) electrons. The van der Waals surface area contributed by atoms with Crippen LogP contribution in [0.15, 0.2) is 42.6 Å². The van der Waals surface area contributed by atoms with E-state index in [1.807, 2.05) is 24.3 Å². The van der Waals surface area contributed by atoms with Gasteiger partial charge >= 0.3 is 5.69 Å². The summed E-state index contributed by atoms with van der Waals surface area (Å²) in [4.78, 5) is 28.2. The third kappa shape index (κ3) is 2.37. The molecule has 112 valence electrons. The van der Waals surface area contributed by atoms with Gasteiger partial charge in [0.2, 0.25) is 11.7 Å². The quantitative estimate of drug-likeness (QED) is 0.681. The molecule has 1 aliphatic rings. The highest BCUT2D eigenvalue weighted by atomic mass is 16.6. The number of carbonyl (C=O) groups excluding carboxylic acids is 1. The Bertz CT molecular complexity index is 747. The molecule has 0 spiro atoms. The second kappa shape index (κ2) is 5.44. The molecular weight excluding hydrogens is 284 g/mol. The zero-order chi connectivity index (χ0) is 15.7. The first-order valence-electron chi connectivity index (χ1n) is 6.80. The van der Waals surface area contributed by atoms with E-state index < -0.39 is 16.9 Å². The number of fused-ring (bicyclic) bond motifs is 1. The minimum Gasteiger partial charge on any atom is -0.368 e. The Morgan fingerprint density at radius 2 is 2.00 bits per heavy atom. The Labute approximate surface area is 126 Å². The average Bonchev–Trinajstić information content (AvgIpc) is 2.53. The van der Waals surface area contributed by atoms with Crippen molar-refractivity contribution in [2.75, 3.05) is 4.90 Å². The molecule has 7 heteroatoms. The number of nitro groups is 1. The van der Waals surface area contributed by atoms with Crippen molar-refractivity contribution >= 4 is 17.4 Å². The Kier molecular flexibility index (Phi) is 3.46. The van der Waals surface area contributed by atoms with Crippen LogP contribution in [0.3, 0.4) is 0 Å². The van der Waals surface area contributed by atoms with Crippen LogP contribution in [0.4, 0.5) is 11.5 Å². The van der Waals surface area contributed by atoms with Gasteiger partial charge in [0.1, 0.15) is 6.04 Å². The largest absolute Gasteiger partial charge is 0.368 e. The normalized spacial score (nSPS) is 16.9. The zero-order valence-electron chi connectivity index (χ0n) is 11.7. The number of hydrogen-bond donors (Lipinski definition) is 1. The Morgan fingerprint density at radius 1 is 1.27 bits per heavy atom. The number of hydrogen-bond acceptors (Lipinski definition) is 5. The van der Waals surface area contributed by atoms with E-state index in [-0.39, 0.29) is 11.5 Å². The van der Waals surface area contributed by atoms with Crippen molar-refractivity contribution < 1.29 is 9.72 Å². The maximum Gasteiger partial charge on any atom is 0.311 e. The molecule has 1 aromatic heterocycles. The Hall–Kier alpha value is -2.96. The number of carbonyl (C=O) groups is 1. The van der Waals surface area contributed by atoms with Gasteiger partial charge in [0, 0.05) is 25.2 Å². The molecule has 1 amide bonds. The molecular formula is C15H14N4O3. The minimum atomic E-state index is -0.650. The summed E-state index contributed by atoms with van der Waals surface area (Å²) in [6.45, 7) is 0.363. The number of benzene rings is 1. The number of primary amides is 1. The van der Waals surface area contributed by atoms with Gasteiger partial charge in [-0.1, -0.05) is 24.3 Å². The van der Waals surface area contributed by atoms with Gasteiger partial charge in [-0.3, -0.25) is 14.9 Å². The lowest BCUT2D eigenvalue weighted by Gasteiger charge is -2.35. The van der Waals surface area contributed by atoms with E-state index in [9.17, 15) is 14.9 Å². The molecule has 3 rings (SSSR count). The second-order valence-corrected chi connectivity index (χ2v) is 5.12. The predicted molar refractivity (Wildman–Crippen MR) is 80.2 cm³/mol. The first-order chi connectivity index (χ1) is 10.6. The summed E-state index contributed by atoms with van der Waals surface area (Å²) in [5.74, 6) is -0.347. The van der Waals surface area contributed by atoms with Crippen LogP contribution in [0.5, 0.6) is 0 Å². The standard InChI is InChI=1S/C15H14N4O3/c16-14(20)13-8-10-4-1-2-5-11(10)9-18(13)15-12(19(21)22)6-3-7-17-15/h1-7,13H,8-9H2,(H2,16,20)/t13-/m0/s1. The summed E-state index contributed by atoms with van der Waals surface area (Å²) in [5.41, 5.74) is 7.41. The van der Waals surface area contributed by atoms with Gasteiger partial charge in [-0.05, 0) is 17.2 Å². The molecule has 2 heterocycles. The van der Waals surface area contributed by atoms with Crippen molar-refractivity contribution in [2.24, 2.45) is 5.73 Å². The maximum absolute atomic E-state index is 11.8. The summed E-state index contributed by atoms with van der Waals surface area (Å²) in [5, 5.41) is 11.2. The molecule has 1 atom stereocenters. The topological polar surface area (TPSA) is 102 Å². The van der Waals surface area contributed by atoms with Crippen LogP contribution in [-0.2, 0) is 17.8 Å². The fourth-order valence-electron chi connectivity index (χ4n) is 2.75. The lowest BCUT2D eigenvalue weighted by Crippen LogP contribution is -2.49. The highest BCUT2D eigenvalue weighted by Gasteiger charge is 2.34. The van der Waals surface area contributed by atoms with Crippen LogP contribution < -0.4 is 10.6 Å². The summed E-state index contributed by atoms with van der Waals surface area (Å²) < 4.78 is 0. The highest BCUT2D eigenvalue weighted by Crippen LogP contribution is 2.32. The minimum absolute atomic E-state index is 0.131. The van der Waals surface area contributed by atoms with Crippen molar-refractivity contribution in [2.45, 2.75) is 19.0 Å². The Morgan fingerprint density at radius 3 is 2.68 bits per heavy atom. The lowest BCUT2D eigenvalue weighted by atomic mass is 9.93. The number of nitrogens with two attached hydrogens (primary N) is 1. The smallest absolute Gasteiger partial charge is 0.311 e. The molecule has 0 saturated heterocycles. The first kappa shape index (κ1) is 14.0. The van der Waals surface area contributed by atoms with Crippen LogP contribution in [0.2, 0.25) is 0 Å². The van der Waals surface area contributed by atoms with Crippen molar-refractivity contribution in [1.29, 1.82) is 0 Å². The van der Waals surface area contributed by atoms with E-state index in [0.29, 0.717) is 13.0 Å². The summed E-state index contributed by atoms with van der Waals surface area (Å²) in [7, 11) is 0. The first-order valence-corrected chi connectivity index (χ1v) is 6.80. The number of amides is 1. The molecule has 7 nitrogen and oxygen atoms in total. The number of aromatic nitrogens is 1. The van der Waals surface area contributed by atoms with E-state index in [4.69, 9.17) is 5.73 Å². The number of pyridine rings is 1. The van der Waals surface area contributed by atoms with Gasteiger partial charge in [0.25, 0.3) is 0 Å². The Balaban J connectivity index is 2.09. The van der Waals surface area contributed by atoms with Crippen molar-refractivity contribution in [3.05, 3.63) is 63.8 Å². The molecule has 1 aromatic carbocycles. The molecule has 0 unspecified atom stereocenters. The van der Waals surface area contributed by atoms with Crippen LogP contribution in [-0.4, -0.2) is 21.9 Å².